The van der Waals surface area contributed by atoms with Crippen LogP contribution in [0.2, 0.25) is 0 Å². The van der Waals surface area contributed by atoms with Crippen molar-refractivity contribution < 1.29 is 9.90 Å². The van der Waals surface area contributed by atoms with Crippen molar-refractivity contribution in [1.82, 2.24) is 9.55 Å². The summed E-state index contributed by atoms with van der Waals surface area (Å²) in [7, 11) is 0. The van der Waals surface area contributed by atoms with E-state index in [-0.39, 0.29) is 12.5 Å². The number of para-hydroxylation sites is 1. The molecule has 22 heavy (non-hydrogen) atoms. The lowest BCUT2D eigenvalue weighted by atomic mass is 10.2. The van der Waals surface area contributed by atoms with Crippen LogP contribution in [0, 0.1) is 0 Å². The molecule has 3 rings (SSSR count). The number of aliphatic hydroxyl groups is 1. The Labute approximate surface area is 132 Å². The predicted octanol–water partition coefficient (Wildman–Crippen LogP) is 2.66. The average Bonchev–Trinajstić information content (AvgIpc) is 3.12. The second-order valence-corrected chi connectivity index (χ2v) is 5.84. The minimum absolute atomic E-state index is 0.0531. The van der Waals surface area contributed by atoms with E-state index in [0.29, 0.717) is 24.5 Å². The Morgan fingerprint density at radius 3 is 3.05 bits per heavy atom. The van der Waals surface area contributed by atoms with Gasteiger partial charge in [0.2, 0.25) is 5.91 Å². The molecule has 0 spiro atoms. The van der Waals surface area contributed by atoms with E-state index < -0.39 is 0 Å². The standard InChI is InChI=1S/C16H17N3O2S/c20-10-7-13-11-22-16(17-13)18-15(21)6-9-19-8-5-12-3-1-2-4-14(12)19/h1-5,8,11,20H,6-7,9-10H2,(H,17,18,21). The minimum Gasteiger partial charge on any atom is -0.396 e. The first-order valence-corrected chi connectivity index (χ1v) is 8.03. The van der Waals surface area contributed by atoms with Crippen molar-refractivity contribution in [3.63, 3.8) is 0 Å². The second kappa shape index (κ2) is 6.72. The molecule has 2 N–H and O–H groups in total. The Kier molecular flexibility index (Phi) is 4.50. The Morgan fingerprint density at radius 2 is 2.18 bits per heavy atom. The van der Waals surface area contributed by atoms with Crippen LogP contribution in [0.15, 0.2) is 41.9 Å². The molecule has 0 saturated carbocycles. The Morgan fingerprint density at radius 1 is 1.32 bits per heavy atom. The van der Waals surface area contributed by atoms with Gasteiger partial charge in [-0.05, 0) is 17.5 Å². The molecule has 5 nitrogen and oxygen atoms in total. The van der Waals surface area contributed by atoms with Crippen LogP contribution in [0.4, 0.5) is 5.13 Å². The van der Waals surface area contributed by atoms with Gasteiger partial charge in [-0.3, -0.25) is 4.79 Å². The van der Waals surface area contributed by atoms with E-state index in [0.717, 1.165) is 11.2 Å². The molecule has 0 bridgehead atoms. The van der Waals surface area contributed by atoms with Gasteiger partial charge >= 0.3 is 0 Å². The zero-order valence-corrected chi connectivity index (χ0v) is 12.8. The fourth-order valence-corrected chi connectivity index (χ4v) is 3.09. The van der Waals surface area contributed by atoms with Gasteiger partial charge in [0.25, 0.3) is 0 Å². The van der Waals surface area contributed by atoms with Crippen LogP contribution < -0.4 is 5.32 Å². The molecule has 0 aliphatic rings. The van der Waals surface area contributed by atoms with Gasteiger partial charge in [-0.25, -0.2) is 4.98 Å². The molecular weight excluding hydrogens is 298 g/mol. The number of carbonyl (C=O) groups excluding carboxylic acids is 1. The van der Waals surface area contributed by atoms with Crippen LogP contribution in [-0.2, 0) is 17.8 Å². The van der Waals surface area contributed by atoms with Gasteiger partial charge in [0.15, 0.2) is 5.13 Å². The molecule has 0 unspecified atom stereocenters. The van der Waals surface area contributed by atoms with Crippen LogP contribution >= 0.6 is 11.3 Å². The predicted molar refractivity (Wildman–Crippen MR) is 88.1 cm³/mol. The summed E-state index contributed by atoms with van der Waals surface area (Å²) in [6, 6.07) is 10.2. The molecule has 114 valence electrons. The summed E-state index contributed by atoms with van der Waals surface area (Å²) in [5.74, 6) is -0.0531. The van der Waals surface area contributed by atoms with E-state index in [1.165, 1.54) is 16.7 Å². The van der Waals surface area contributed by atoms with Crippen LogP contribution in [0.1, 0.15) is 12.1 Å². The molecule has 0 aliphatic carbocycles. The third-order valence-corrected chi connectivity index (χ3v) is 4.23. The molecule has 0 aliphatic heterocycles. The monoisotopic (exact) mass is 315 g/mol. The lowest BCUT2D eigenvalue weighted by Crippen LogP contribution is -2.14. The minimum atomic E-state index is -0.0531. The van der Waals surface area contributed by atoms with Crippen molar-refractivity contribution >= 4 is 33.3 Å². The third kappa shape index (κ3) is 3.35. The van der Waals surface area contributed by atoms with E-state index in [4.69, 9.17) is 5.11 Å². The smallest absolute Gasteiger partial charge is 0.227 e. The Bertz CT molecular complexity index is 778. The number of carbonyl (C=O) groups is 1. The number of rotatable bonds is 6. The summed E-state index contributed by atoms with van der Waals surface area (Å²) in [6.07, 6.45) is 2.91. The summed E-state index contributed by atoms with van der Waals surface area (Å²) in [5.41, 5.74) is 1.94. The van der Waals surface area contributed by atoms with Crippen molar-refractivity contribution in [2.75, 3.05) is 11.9 Å². The molecule has 0 radical (unpaired) electrons. The number of benzene rings is 1. The topological polar surface area (TPSA) is 67.2 Å². The number of hydrogen-bond acceptors (Lipinski definition) is 4. The molecule has 6 heteroatoms. The van der Waals surface area contributed by atoms with Gasteiger partial charge < -0.3 is 15.0 Å². The Balaban J connectivity index is 1.57. The van der Waals surface area contributed by atoms with Gasteiger partial charge in [-0.15, -0.1) is 11.3 Å². The van der Waals surface area contributed by atoms with Gasteiger partial charge in [0, 0.05) is 43.1 Å². The van der Waals surface area contributed by atoms with Gasteiger partial charge in [0.1, 0.15) is 0 Å². The highest BCUT2D eigenvalue weighted by molar-refractivity contribution is 7.13. The fourth-order valence-electron chi connectivity index (χ4n) is 2.33. The van der Waals surface area contributed by atoms with Crippen LogP contribution in [-0.4, -0.2) is 27.2 Å². The number of hydrogen-bond donors (Lipinski definition) is 2. The number of aromatic nitrogens is 2. The van der Waals surface area contributed by atoms with Crippen LogP contribution in [0.5, 0.6) is 0 Å². The lowest BCUT2D eigenvalue weighted by Gasteiger charge is -2.05. The van der Waals surface area contributed by atoms with Crippen LogP contribution in [0.25, 0.3) is 10.9 Å². The number of nitrogens with one attached hydrogen (secondary N) is 1. The highest BCUT2D eigenvalue weighted by Crippen LogP contribution is 2.17. The Hall–Kier alpha value is -2.18. The zero-order chi connectivity index (χ0) is 15.4. The number of thiazole rings is 1. The molecule has 0 fully saturated rings. The number of aryl methyl sites for hydroxylation is 1. The number of aliphatic hydroxyl groups excluding tert-OH is 1. The maximum Gasteiger partial charge on any atom is 0.227 e. The van der Waals surface area contributed by atoms with Crippen LogP contribution in [0.3, 0.4) is 0 Å². The van der Waals surface area contributed by atoms with E-state index in [2.05, 4.69) is 33.1 Å². The summed E-state index contributed by atoms with van der Waals surface area (Å²) < 4.78 is 2.08. The van der Waals surface area contributed by atoms with Gasteiger partial charge in [-0.1, -0.05) is 18.2 Å². The SMILES string of the molecule is O=C(CCn1ccc2ccccc21)Nc1nc(CCO)cs1. The summed E-state index contributed by atoms with van der Waals surface area (Å²) in [5, 5.41) is 15.3. The largest absolute Gasteiger partial charge is 0.396 e. The number of nitrogens with zero attached hydrogens (tertiary/aromatic N) is 2. The quantitative estimate of drug-likeness (QED) is 0.735. The van der Waals surface area contributed by atoms with E-state index in [1.54, 1.807) is 0 Å². The normalized spacial score (nSPS) is 11.0. The highest BCUT2D eigenvalue weighted by atomic mass is 32.1. The molecule has 3 aromatic rings. The first-order chi connectivity index (χ1) is 10.8. The van der Waals surface area contributed by atoms with Gasteiger partial charge in [-0.2, -0.15) is 0 Å². The van der Waals surface area contributed by atoms with E-state index in [9.17, 15) is 4.79 Å². The summed E-state index contributed by atoms with van der Waals surface area (Å²) in [6.45, 7) is 0.700. The summed E-state index contributed by atoms with van der Waals surface area (Å²) in [4.78, 5) is 16.3. The number of fused-ring (bicyclic) bond motifs is 1. The molecule has 1 aromatic carbocycles. The maximum atomic E-state index is 12.0. The van der Waals surface area contributed by atoms with Crippen molar-refractivity contribution in [3.8, 4) is 0 Å². The third-order valence-electron chi connectivity index (χ3n) is 3.43. The fraction of sp³-hybridized carbons (Fsp3) is 0.250. The molecule has 2 aromatic heterocycles. The molecule has 0 saturated heterocycles. The zero-order valence-electron chi connectivity index (χ0n) is 12.0. The first kappa shape index (κ1) is 14.7. The first-order valence-electron chi connectivity index (χ1n) is 7.15. The van der Waals surface area contributed by atoms with Crippen molar-refractivity contribution in [1.29, 1.82) is 0 Å². The van der Waals surface area contributed by atoms with Crippen molar-refractivity contribution in [2.45, 2.75) is 19.4 Å². The maximum absolute atomic E-state index is 12.0. The van der Waals surface area contributed by atoms with Crippen molar-refractivity contribution in [3.05, 3.63) is 47.6 Å². The van der Waals surface area contributed by atoms with Crippen molar-refractivity contribution in [2.24, 2.45) is 0 Å². The van der Waals surface area contributed by atoms with Gasteiger partial charge in [0.05, 0.1) is 5.69 Å². The highest BCUT2D eigenvalue weighted by Gasteiger charge is 2.08. The molecule has 2 heterocycles. The lowest BCUT2D eigenvalue weighted by molar-refractivity contribution is -0.116. The number of anilines is 1. The molecule has 0 atom stereocenters. The second-order valence-electron chi connectivity index (χ2n) is 4.98. The molecular formula is C16H17N3O2S. The summed E-state index contributed by atoms with van der Waals surface area (Å²) >= 11 is 1.38. The van der Waals surface area contributed by atoms with E-state index >= 15 is 0 Å². The van der Waals surface area contributed by atoms with E-state index in [1.807, 2.05) is 23.7 Å². The average molecular weight is 315 g/mol. The molecule has 1 amide bonds. The number of amides is 1.